The van der Waals surface area contributed by atoms with Gasteiger partial charge in [-0.05, 0) is 55.6 Å². The lowest BCUT2D eigenvalue weighted by molar-refractivity contribution is 0.489. The van der Waals surface area contributed by atoms with Gasteiger partial charge in [0.2, 0.25) is 5.95 Å². The lowest BCUT2D eigenvalue weighted by atomic mass is 9.85. The zero-order valence-electron chi connectivity index (χ0n) is 18.3. The first-order chi connectivity index (χ1) is 14.4. The maximum Gasteiger partial charge on any atom is 0.224 e. The van der Waals surface area contributed by atoms with Gasteiger partial charge in [0.15, 0.2) is 5.82 Å². The Bertz CT molecular complexity index is 1120. The third kappa shape index (κ3) is 3.71. The molecule has 0 amide bonds. The summed E-state index contributed by atoms with van der Waals surface area (Å²) in [6, 6.07) is 2.24. The Labute approximate surface area is 177 Å². The fourth-order valence-electron chi connectivity index (χ4n) is 4.31. The normalized spacial score (nSPS) is 19.6. The molecule has 2 N–H and O–H groups in total. The van der Waals surface area contributed by atoms with E-state index in [4.69, 9.17) is 4.99 Å². The van der Waals surface area contributed by atoms with Crippen LogP contribution in [0.5, 0.6) is 0 Å². The van der Waals surface area contributed by atoms with Gasteiger partial charge in [-0.2, -0.15) is 4.98 Å². The van der Waals surface area contributed by atoms with E-state index in [1.807, 2.05) is 18.6 Å². The minimum Gasteiger partial charge on any atom is -0.354 e. The average molecular weight is 403 g/mol. The van der Waals surface area contributed by atoms with Gasteiger partial charge in [-0.25, -0.2) is 15.0 Å². The molecule has 1 saturated carbocycles. The van der Waals surface area contributed by atoms with Gasteiger partial charge >= 0.3 is 0 Å². The lowest BCUT2D eigenvalue weighted by Gasteiger charge is -2.24. The van der Waals surface area contributed by atoms with E-state index in [-0.39, 0.29) is 0 Å². The predicted molar refractivity (Wildman–Crippen MR) is 122 cm³/mol. The Morgan fingerprint density at radius 1 is 1.23 bits per heavy atom. The lowest BCUT2D eigenvalue weighted by Crippen LogP contribution is -2.20. The highest BCUT2D eigenvalue weighted by Crippen LogP contribution is 2.44. The number of hydrogen-bond donors (Lipinski definition) is 2. The molecule has 1 atom stereocenters. The van der Waals surface area contributed by atoms with Crippen LogP contribution >= 0.6 is 0 Å². The molecule has 2 aliphatic rings. The summed E-state index contributed by atoms with van der Waals surface area (Å²) < 4.78 is 0. The fourth-order valence-corrected chi connectivity index (χ4v) is 4.31. The molecule has 1 aliphatic carbocycles. The molecule has 1 fully saturated rings. The van der Waals surface area contributed by atoms with Gasteiger partial charge in [-0.3, -0.25) is 0 Å². The number of aromatic amines is 1. The number of hydrogen-bond acceptors (Lipinski definition) is 5. The van der Waals surface area contributed by atoms with Crippen molar-refractivity contribution >= 4 is 28.5 Å². The van der Waals surface area contributed by atoms with E-state index < -0.39 is 0 Å². The zero-order valence-corrected chi connectivity index (χ0v) is 18.3. The molecule has 4 heterocycles. The monoisotopic (exact) mass is 402 g/mol. The van der Waals surface area contributed by atoms with E-state index in [1.54, 1.807) is 0 Å². The molecule has 1 aliphatic heterocycles. The molecule has 3 aromatic heterocycles. The Hall–Kier alpha value is -2.76. The number of rotatable bonds is 6. The molecule has 3 aromatic rings. The van der Waals surface area contributed by atoms with Crippen molar-refractivity contribution in [3.63, 3.8) is 0 Å². The molecule has 6 heteroatoms. The molecule has 5 rings (SSSR count). The standard InChI is InChI=1S/C24H30N6/c1-14(2)7-16-8-17-9-18(10-25-21(17)29-15(16)3)19-11-26-22-20(19)12-27-23(30-22)28-13-24(4)5-6-24/h9-12,14,16H,5-8,13H2,1-4H3,(H2,26,27,28,30)/t16-/m0/s1. The summed E-state index contributed by atoms with van der Waals surface area (Å²) in [4.78, 5) is 22.0. The summed E-state index contributed by atoms with van der Waals surface area (Å²) >= 11 is 0. The Kier molecular flexibility index (Phi) is 4.60. The fraction of sp³-hybridized carbons (Fsp3) is 0.500. The predicted octanol–water partition coefficient (Wildman–Crippen LogP) is 5.54. The van der Waals surface area contributed by atoms with E-state index in [1.165, 1.54) is 24.1 Å². The zero-order chi connectivity index (χ0) is 20.9. The molecule has 0 radical (unpaired) electrons. The second-order valence-corrected chi connectivity index (χ2v) is 9.81. The van der Waals surface area contributed by atoms with E-state index in [9.17, 15) is 0 Å². The first kappa shape index (κ1) is 19.2. The molecular formula is C24H30N6. The number of anilines is 1. The number of pyridine rings is 1. The highest BCUT2D eigenvalue weighted by Gasteiger charge is 2.37. The minimum atomic E-state index is 0.419. The van der Waals surface area contributed by atoms with Crippen molar-refractivity contribution in [2.75, 3.05) is 11.9 Å². The summed E-state index contributed by atoms with van der Waals surface area (Å²) in [7, 11) is 0. The van der Waals surface area contributed by atoms with Gasteiger partial charge in [-0.1, -0.05) is 20.8 Å². The summed E-state index contributed by atoms with van der Waals surface area (Å²) in [6.45, 7) is 9.91. The van der Waals surface area contributed by atoms with Crippen molar-refractivity contribution in [2.24, 2.45) is 22.2 Å². The van der Waals surface area contributed by atoms with Gasteiger partial charge in [0.1, 0.15) is 5.65 Å². The summed E-state index contributed by atoms with van der Waals surface area (Å²) in [5.74, 6) is 2.72. The molecule has 0 unspecified atom stereocenters. The SMILES string of the molecule is CC1=Nc2ncc(-c3c[nH]c4nc(NCC5(C)CC5)ncc34)cc2C[C@@H]1CC(C)C. The maximum absolute atomic E-state index is 4.79. The van der Waals surface area contributed by atoms with Crippen molar-refractivity contribution in [1.29, 1.82) is 0 Å². The average Bonchev–Trinajstić information content (AvgIpc) is 3.30. The van der Waals surface area contributed by atoms with E-state index in [2.05, 4.69) is 59.0 Å². The highest BCUT2D eigenvalue weighted by molar-refractivity contribution is 5.94. The van der Waals surface area contributed by atoms with Crippen LogP contribution in [0.4, 0.5) is 11.8 Å². The molecule has 0 bridgehead atoms. The Morgan fingerprint density at radius 3 is 2.83 bits per heavy atom. The Morgan fingerprint density at radius 2 is 2.07 bits per heavy atom. The summed E-state index contributed by atoms with van der Waals surface area (Å²) in [5.41, 5.74) is 5.89. The quantitative estimate of drug-likeness (QED) is 0.567. The smallest absolute Gasteiger partial charge is 0.224 e. The van der Waals surface area contributed by atoms with Gasteiger partial charge in [0.05, 0.1) is 0 Å². The van der Waals surface area contributed by atoms with Gasteiger partial charge < -0.3 is 10.3 Å². The van der Waals surface area contributed by atoms with Crippen LogP contribution < -0.4 is 5.32 Å². The number of aliphatic imine (C=N–C) groups is 1. The van der Waals surface area contributed by atoms with Gasteiger partial charge in [-0.15, -0.1) is 0 Å². The number of fused-ring (bicyclic) bond motifs is 2. The van der Waals surface area contributed by atoms with Crippen molar-refractivity contribution in [3.05, 3.63) is 30.2 Å². The second-order valence-electron chi connectivity index (χ2n) is 9.81. The molecule has 30 heavy (non-hydrogen) atoms. The largest absolute Gasteiger partial charge is 0.354 e. The molecule has 0 aromatic carbocycles. The number of H-pyrrole nitrogens is 1. The number of nitrogens with zero attached hydrogens (tertiary/aromatic N) is 4. The minimum absolute atomic E-state index is 0.419. The van der Waals surface area contributed by atoms with Crippen molar-refractivity contribution in [3.8, 4) is 11.1 Å². The van der Waals surface area contributed by atoms with Crippen molar-refractivity contribution in [2.45, 2.75) is 53.4 Å². The summed E-state index contributed by atoms with van der Waals surface area (Å²) in [5, 5.41) is 4.41. The van der Waals surface area contributed by atoms with Crippen LogP contribution in [0.1, 0.15) is 52.5 Å². The number of nitrogens with one attached hydrogen (secondary N) is 2. The van der Waals surface area contributed by atoms with Crippen LogP contribution in [0, 0.1) is 17.3 Å². The molecule has 156 valence electrons. The van der Waals surface area contributed by atoms with Crippen LogP contribution in [0.25, 0.3) is 22.2 Å². The van der Waals surface area contributed by atoms with Gasteiger partial charge in [0.25, 0.3) is 0 Å². The molecular weight excluding hydrogens is 372 g/mol. The van der Waals surface area contributed by atoms with Crippen LogP contribution in [0.3, 0.4) is 0 Å². The Balaban J connectivity index is 1.42. The topological polar surface area (TPSA) is 78.8 Å². The molecule has 0 saturated heterocycles. The van der Waals surface area contributed by atoms with Crippen LogP contribution in [-0.4, -0.2) is 32.2 Å². The molecule has 6 nitrogen and oxygen atoms in total. The highest BCUT2D eigenvalue weighted by atomic mass is 15.1. The van der Waals surface area contributed by atoms with Crippen LogP contribution in [0.15, 0.2) is 29.6 Å². The molecule has 0 spiro atoms. The van der Waals surface area contributed by atoms with Crippen molar-refractivity contribution in [1.82, 2.24) is 19.9 Å². The first-order valence-corrected chi connectivity index (χ1v) is 11.0. The van der Waals surface area contributed by atoms with Crippen molar-refractivity contribution < 1.29 is 0 Å². The summed E-state index contributed by atoms with van der Waals surface area (Å²) in [6.07, 6.45) is 10.6. The third-order valence-electron chi connectivity index (χ3n) is 6.56. The van der Waals surface area contributed by atoms with E-state index in [0.29, 0.717) is 23.2 Å². The second kappa shape index (κ2) is 7.18. The van der Waals surface area contributed by atoms with Crippen LogP contribution in [0.2, 0.25) is 0 Å². The maximum atomic E-state index is 4.79. The van der Waals surface area contributed by atoms with E-state index >= 15 is 0 Å². The van der Waals surface area contributed by atoms with Gasteiger partial charge in [0, 0.05) is 53.3 Å². The number of aromatic nitrogens is 4. The third-order valence-corrected chi connectivity index (χ3v) is 6.56. The van der Waals surface area contributed by atoms with Crippen LogP contribution in [-0.2, 0) is 6.42 Å². The van der Waals surface area contributed by atoms with E-state index in [0.717, 1.165) is 47.4 Å². The first-order valence-electron chi connectivity index (χ1n) is 11.0.